The summed E-state index contributed by atoms with van der Waals surface area (Å²) in [5.41, 5.74) is 2.21. The third kappa shape index (κ3) is 7.21. The lowest BCUT2D eigenvalue weighted by molar-refractivity contribution is -0.141. The van der Waals surface area contributed by atoms with Crippen molar-refractivity contribution in [3.05, 3.63) is 65.7 Å². The molecule has 0 aliphatic rings. The van der Waals surface area contributed by atoms with Crippen molar-refractivity contribution in [3.8, 4) is 0 Å². The maximum absolute atomic E-state index is 13.2. The summed E-state index contributed by atoms with van der Waals surface area (Å²) in [7, 11) is 0. The van der Waals surface area contributed by atoms with Crippen molar-refractivity contribution < 1.29 is 9.59 Å². The smallest absolute Gasteiger partial charge is 0.243 e. The van der Waals surface area contributed by atoms with E-state index in [1.165, 1.54) is 0 Å². The lowest BCUT2D eigenvalue weighted by Crippen LogP contribution is -2.50. The van der Waals surface area contributed by atoms with E-state index in [1.807, 2.05) is 70.2 Å². The molecule has 2 aromatic rings. The maximum Gasteiger partial charge on any atom is 0.243 e. The minimum Gasteiger partial charge on any atom is -0.352 e. The first-order chi connectivity index (χ1) is 14.5. The van der Waals surface area contributed by atoms with Crippen LogP contribution >= 0.6 is 11.8 Å². The lowest BCUT2D eigenvalue weighted by Gasteiger charge is -2.32. The number of thioether (sulfide) groups is 1. The number of nitrogens with zero attached hydrogens (tertiary/aromatic N) is 1. The number of hydrogen-bond donors (Lipinski definition) is 1. The molecular weight excluding hydrogens is 392 g/mol. The van der Waals surface area contributed by atoms with Gasteiger partial charge in [0.15, 0.2) is 0 Å². The molecule has 0 saturated carbocycles. The SMILES string of the molecule is CC[C@@H](C)NC(=O)[C@H](CC)N(Cc1ccccc1C)C(=O)CCSc1ccccc1. The summed E-state index contributed by atoms with van der Waals surface area (Å²) in [5, 5.41) is 3.06. The molecule has 162 valence electrons. The van der Waals surface area contributed by atoms with Crippen molar-refractivity contribution in [2.24, 2.45) is 0 Å². The average Bonchev–Trinajstić information content (AvgIpc) is 2.75. The van der Waals surface area contributed by atoms with Crippen LogP contribution in [-0.2, 0) is 16.1 Å². The monoisotopic (exact) mass is 426 g/mol. The number of rotatable bonds is 11. The standard InChI is InChI=1S/C25H34N2O2S/c1-5-20(4)26-25(29)23(6-2)27(18-21-13-11-10-12-19(21)3)24(28)16-17-30-22-14-8-7-9-15-22/h7-15,20,23H,5-6,16-18H2,1-4H3,(H,26,29)/t20-,23+/m1/s1. The zero-order valence-electron chi connectivity index (χ0n) is 18.6. The van der Waals surface area contributed by atoms with Gasteiger partial charge in [0.2, 0.25) is 11.8 Å². The zero-order chi connectivity index (χ0) is 21.9. The van der Waals surface area contributed by atoms with Crippen molar-refractivity contribution in [3.63, 3.8) is 0 Å². The van der Waals surface area contributed by atoms with Crippen molar-refractivity contribution in [2.45, 2.75) is 70.5 Å². The Kier molecular flexibility index (Phi) is 9.95. The van der Waals surface area contributed by atoms with Gasteiger partial charge >= 0.3 is 0 Å². The van der Waals surface area contributed by atoms with Gasteiger partial charge in [-0.2, -0.15) is 0 Å². The molecule has 0 aliphatic carbocycles. The Morgan fingerprint density at radius 3 is 2.30 bits per heavy atom. The van der Waals surface area contributed by atoms with Crippen molar-refractivity contribution in [2.75, 3.05) is 5.75 Å². The van der Waals surface area contributed by atoms with Gasteiger partial charge in [-0.15, -0.1) is 11.8 Å². The highest BCUT2D eigenvalue weighted by Gasteiger charge is 2.29. The summed E-state index contributed by atoms with van der Waals surface area (Å²) in [5.74, 6) is 0.647. The van der Waals surface area contributed by atoms with E-state index in [9.17, 15) is 9.59 Å². The van der Waals surface area contributed by atoms with Crippen LogP contribution in [0.25, 0.3) is 0 Å². The topological polar surface area (TPSA) is 49.4 Å². The second kappa shape index (κ2) is 12.4. The molecule has 5 heteroatoms. The first kappa shape index (κ1) is 24.0. The predicted molar refractivity (Wildman–Crippen MR) is 125 cm³/mol. The molecule has 0 radical (unpaired) electrons. The Labute approximate surface area is 185 Å². The molecular formula is C25H34N2O2S. The minimum atomic E-state index is -0.465. The van der Waals surface area contributed by atoms with E-state index in [2.05, 4.69) is 17.4 Å². The predicted octanol–water partition coefficient (Wildman–Crippen LogP) is 5.20. The molecule has 2 atom stereocenters. The Balaban J connectivity index is 2.15. The first-order valence-electron chi connectivity index (χ1n) is 10.8. The van der Waals surface area contributed by atoms with Gasteiger partial charge in [0.1, 0.15) is 6.04 Å². The summed E-state index contributed by atoms with van der Waals surface area (Å²) in [4.78, 5) is 29.1. The molecule has 2 amide bonds. The number of aryl methyl sites for hydroxylation is 1. The molecule has 0 fully saturated rings. The summed E-state index contributed by atoms with van der Waals surface area (Å²) >= 11 is 1.67. The van der Waals surface area contributed by atoms with Gasteiger partial charge in [0.05, 0.1) is 0 Å². The Bertz CT molecular complexity index is 810. The number of carbonyl (C=O) groups is 2. The molecule has 4 nitrogen and oxygen atoms in total. The van der Waals surface area contributed by atoms with Crippen LogP contribution in [0.2, 0.25) is 0 Å². The number of benzene rings is 2. The fourth-order valence-electron chi connectivity index (χ4n) is 3.25. The van der Waals surface area contributed by atoms with Gasteiger partial charge in [-0.25, -0.2) is 0 Å². The van der Waals surface area contributed by atoms with Crippen LogP contribution in [0.5, 0.6) is 0 Å². The molecule has 30 heavy (non-hydrogen) atoms. The van der Waals surface area contributed by atoms with Crippen LogP contribution in [0.4, 0.5) is 0 Å². The molecule has 0 aromatic heterocycles. The summed E-state index contributed by atoms with van der Waals surface area (Å²) < 4.78 is 0. The summed E-state index contributed by atoms with van der Waals surface area (Å²) in [6, 6.07) is 17.8. The summed E-state index contributed by atoms with van der Waals surface area (Å²) in [6.45, 7) is 8.51. The van der Waals surface area contributed by atoms with E-state index >= 15 is 0 Å². The largest absolute Gasteiger partial charge is 0.352 e. The van der Waals surface area contributed by atoms with E-state index in [0.717, 1.165) is 22.4 Å². The van der Waals surface area contributed by atoms with Gasteiger partial charge < -0.3 is 10.2 Å². The average molecular weight is 427 g/mol. The van der Waals surface area contributed by atoms with Gasteiger partial charge in [-0.3, -0.25) is 9.59 Å². The molecule has 2 rings (SSSR count). The van der Waals surface area contributed by atoms with Crippen molar-refractivity contribution in [1.29, 1.82) is 0 Å². The normalized spacial score (nSPS) is 12.8. The van der Waals surface area contributed by atoms with Gasteiger partial charge in [0.25, 0.3) is 0 Å². The Morgan fingerprint density at radius 1 is 1.00 bits per heavy atom. The third-order valence-electron chi connectivity index (χ3n) is 5.32. The van der Waals surface area contributed by atoms with Crippen LogP contribution in [0, 0.1) is 6.92 Å². The second-order valence-corrected chi connectivity index (χ2v) is 8.77. The van der Waals surface area contributed by atoms with Crippen LogP contribution in [0.15, 0.2) is 59.5 Å². The minimum absolute atomic E-state index is 0.0211. The van der Waals surface area contributed by atoms with Gasteiger partial charge in [0, 0.05) is 29.7 Å². The molecule has 0 unspecified atom stereocenters. The fourth-order valence-corrected chi connectivity index (χ4v) is 4.11. The molecule has 0 bridgehead atoms. The molecule has 0 spiro atoms. The van der Waals surface area contributed by atoms with Gasteiger partial charge in [-0.05, 0) is 49.9 Å². The van der Waals surface area contributed by atoms with Crippen LogP contribution in [0.1, 0.15) is 51.2 Å². The summed E-state index contributed by atoms with van der Waals surface area (Å²) in [6.07, 6.45) is 1.85. The number of hydrogen-bond acceptors (Lipinski definition) is 3. The number of nitrogens with one attached hydrogen (secondary N) is 1. The number of carbonyl (C=O) groups excluding carboxylic acids is 2. The molecule has 1 N–H and O–H groups in total. The van der Waals surface area contributed by atoms with E-state index in [-0.39, 0.29) is 17.9 Å². The van der Waals surface area contributed by atoms with E-state index < -0.39 is 6.04 Å². The van der Waals surface area contributed by atoms with Crippen LogP contribution in [-0.4, -0.2) is 34.6 Å². The lowest BCUT2D eigenvalue weighted by atomic mass is 10.1. The first-order valence-corrected chi connectivity index (χ1v) is 11.8. The Morgan fingerprint density at radius 2 is 1.67 bits per heavy atom. The van der Waals surface area contributed by atoms with Crippen LogP contribution < -0.4 is 5.32 Å². The molecule has 0 saturated heterocycles. The molecule has 2 aromatic carbocycles. The fraction of sp³-hybridized carbons (Fsp3) is 0.440. The maximum atomic E-state index is 13.2. The van der Waals surface area contributed by atoms with E-state index in [4.69, 9.17) is 0 Å². The second-order valence-electron chi connectivity index (χ2n) is 7.60. The number of amides is 2. The van der Waals surface area contributed by atoms with Crippen molar-refractivity contribution in [1.82, 2.24) is 10.2 Å². The van der Waals surface area contributed by atoms with E-state index in [1.54, 1.807) is 16.7 Å². The Hall–Kier alpha value is -2.27. The zero-order valence-corrected chi connectivity index (χ0v) is 19.4. The third-order valence-corrected chi connectivity index (χ3v) is 6.33. The highest BCUT2D eigenvalue weighted by Crippen LogP contribution is 2.21. The van der Waals surface area contributed by atoms with E-state index in [0.29, 0.717) is 25.1 Å². The van der Waals surface area contributed by atoms with Crippen LogP contribution in [0.3, 0.4) is 0 Å². The van der Waals surface area contributed by atoms with Crippen molar-refractivity contribution >= 4 is 23.6 Å². The quantitative estimate of drug-likeness (QED) is 0.503. The molecule has 0 aliphatic heterocycles. The van der Waals surface area contributed by atoms with Gasteiger partial charge in [-0.1, -0.05) is 56.3 Å². The highest BCUT2D eigenvalue weighted by atomic mass is 32.2. The highest BCUT2D eigenvalue weighted by molar-refractivity contribution is 7.99. The molecule has 0 heterocycles.